The normalized spacial score (nSPS) is 19.2. The van der Waals surface area contributed by atoms with Crippen LogP contribution in [0.4, 0.5) is 0 Å². The smallest absolute Gasteiger partial charge is 0.134 e. The zero-order valence-corrected chi connectivity index (χ0v) is 18.2. The van der Waals surface area contributed by atoms with Crippen LogP contribution >= 0.6 is 0 Å². The molecule has 4 aromatic carbocycles. The molecule has 0 bridgehead atoms. The summed E-state index contributed by atoms with van der Waals surface area (Å²) in [6.07, 6.45) is 1.71. The van der Waals surface area contributed by atoms with Crippen LogP contribution in [-0.2, 0) is 10.3 Å². The summed E-state index contributed by atoms with van der Waals surface area (Å²) in [5.41, 5.74) is 4.83. The Morgan fingerprint density at radius 2 is 1.30 bits per heavy atom. The van der Waals surface area contributed by atoms with E-state index in [0.717, 1.165) is 33.4 Å². The summed E-state index contributed by atoms with van der Waals surface area (Å²) < 4.78 is 13.3. The molecule has 0 saturated carbocycles. The highest BCUT2D eigenvalue weighted by Gasteiger charge is 2.60. The van der Waals surface area contributed by atoms with E-state index in [1.807, 2.05) is 36.4 Å². The van der Waals surface area contributed by atoms with Crippen molar-refractivity contribution in [3.05, 3.63) is 150 Å². The average molecular weight is 429 g/mol. The topological polar surface area (TPSA) is 22.4 Å². The van der Waals surface area contributed by atoms with Gasteiger partial charge in [-0.05, 0) is 34.4 Å². The molecule has 1 fully saturated rings. The zero-order chi connectivity index (χ0) is 22.3. The second-order valence-corrected chi connectivity index (χ2v) is 8.50. The van der Waals surface area contributed by atoms with Gasteiger partial charge in [0.25, 0.3) is 0 Å². The van der Waals surface area contributed by atoms with Gasteiger partial charge in [-0.15, -0.1) is 0 Å². The fourth-order valence-corrected chi connectivity index (χ4v) is 5.24. The Hall–Kier alpha value is -3.88. The largest absolute Gasteiger partial charge is 0.458 e. The number of hydrogen-bond donors (Lipinski definition) is 0. The van der Waals surface area contributed by atoms with E-state index in [9.17, 15) is 0 Å². The van der Waals surface area contributed by atoms with E-state index in [4.69, 9.17) is 9.15 Å². The first-order valence-electron chi connectivity index (χ1n) is 11.3. The molecule has 0 N–H and O–H groups in total. The second kappa shape index (κ2) is 7.91. The van der Waals surface area contributed by atoms with Gasteiger partial charge < -0.3 is 9.15 Å². The minimum atomic E-state index is -0.634. The third kappa shape index (κ3) is 3.06. The van der Waals surface area contributed by atoms with Crippen molar-refractivity contribution in [1.82, 2.24) is 0 Å². The molecule has 0 radical (unpaired) electrons. The molecule has 6 rings (SSSR count). The fraction of sp³-hybridized carbons (Fsp3) is 0.0968. The lowest BCUT2D eigenvalue weighted by Gasteiger charge is -2.55. The van der Waals surface area contributed by atoms with E-state index in [-0.39, 0.29) is 12.0 Å². The number of furan rings is 1. The molecule has 0 amide bonds. The lowest BCUT2D eigenvalue weighted by atomic mass is 9.64. The van der Waals surface area contributed by atoms with Gasteiger partial charge in [0.15, 0.2) is 0 Å². The second-order valence-electron chi connectivity index (χ2n) is 8.50. The molecule has 0 aliphatic carbocycles. The van der Waals surface area contributed by atoms with Gasteiger partial charge in [-0.25, -0.2) is 0 Å². The predicted octanol–water partition coefficient (Wildman–Crippen LogP) is 7.87. The molecule has 2 heteroatoms. The number of rotatable bonds is 5. The third-order valence-electron chi connectivity index (χ3n) is 6.73. The Morgan fingerprint density at radius 3 is 1.97 bits per heavy atom. The molecule has 2 atom stereocenters. The summed E-state index contributed by atoms with van der Waals surface area (Å²) in [6, 6.07) is 39.7. The Morgan fingerprint density at radius 1 is 0.697 bits per heavy atom. The fourth-order valence-electron chi connectivity index (χ4n) is 5.24. The van der Waals surface area contributed by atoms with E-state index >= 15 is 0 Å². The molecule has 2 heterocycles. The standard InChI is InChI=1S/C31H24O2/c1-2-22-13-9-11-19-26(22)29-30(28-21-23-14-10-12-20-27(23)32-28)33-31(29,24-15-5-3-6-16-24)25-17-7-4-8-18-25/h2-21,29-30H,1H2/t29-,30-/m0/s1. The molecule has 0 unspecified atom stereocenters. The van der Waals surface area contributed by atoms with E-state index in [0.29, 0.717) is 0 Å². The number of benzene rings is 4. The summed E-state index contributed by atoms with van der Waals surface area (Å²) >= 11 is 0. The summed E-state index contributed by atoms with van der Waals surface area (Å²) in [6.45, 7) is 4.09. The van der Waals surface area contributed by atoms with Crippen LogP contribution in [0.1, 0.15) is 40.0 Å². The Labute approximate surface area is 193 Å². The molecule has 160 valence electrons. The maximum Gasteiger partial charge on any atom is 0.134 e. The van der Waals surface area contributed by atoms with Crippen molar-refractivity contribution < 1.29 is 9.15 Å². The molecule has 2 nitrogen and oxygen atoms in total. The molecule has 0 spiro atoms. The molecular weight excluding hydrogens is 404 g/mol. The van der Waals surface area contributed by atoms with Crippen LogP contribution < -0.4 is 0 Å². The highest BCUT2D eigenvalue weighted by Crippen LogP contribution is 2.63. The van der Waals surface area contributed by atoms with Gasteiger partial charge >= 0.3 is 0 Å². The number of para-hydroxylation sites is 1. The highest BCUT2D eigenvalue weighted by atomic mass is 16.5. The van der Waals surface area contributed by atoms with Gasteiger partial charge in [0.05, 0.1) is 5.92 Å². The maximum absolute atomic E-state index is 6.95. The van der Waals surface area contributed by atoms with Gasteiger partial charge in [0.1, 0.15) is 23.0 Å². The minimum absolute atomic E-state index is 0.0112. The molecule has 1 saturated heterocycles. The minimum Gasteiger partial charge on any atom is -0.458 e. The highest BCUT2D eigenvalue weighted by molar-refractivity contribution is 5.78. The van der Waals surface area contributed by atoms with Gasteiger partial charge in [0.2, 0.25) is 0 Å². The van der Waals surface area contributed by atoms with Crippen LogP contribution in [0, 0.1) is 0 Å². The number of fused-ring (bicyclic) bond motifs is 1. The summed E-state index contributed by atoms with van der Waals surface area (Å²) in [4.78, 5) is 0. The summed E-state index contributed by atoms with van der Waals surface area (Å²) in [5, 5.41) is 1.09. The number of hydrogen-bond acceptors (Lipinski definition) is 2. The average Bonchev–Trinajstić information content (AvgIpc) is 3.29. The molecule has 5 aromatic rings. The van der Waals surface area contributed by atoms with Crippen molar-refractivity contribution in [3.8, 4) is 0 Å². The Bertz CT molecular complexity index is 1340. The lowest BCUT2D eigenvalue weighted by molar-refractivity contribution is -0.222. The van der Waals surface area contributed by atoms with Crippen LogP contribution in [0.3, 0.4) is 0 Å². The van der Waals surface area contributed by atoms with Gasteiger partial charge in [-0.1, -0.05) is 116 Å². The van der Waals surface area contributed by atoms with E-state index < -0.39 is 5.60 Å². The SMILES string of the molecule is C=Cc1ccccc1[C@H]1[C@H](c2cc3ccccc3o2)OC1(c1ccccc1)c1ccccc1. The first-order chi connectivity index (χ1) is 16.3. The molecule has 1 aromatic heterocycles. The third-order valence-corrected chi connectivity index (χ3v) is 6.73. The van der Waals surface area contributed by atoms with E-state index in [1.54, 1.807) is 0 Å². The maximum atomic E-state index is 6.95. The molecule has 1 aliphatic rings. The van der Waals surface area contributed by atoms with E-state index in [1.165, 1.54) is 5.56 Å². The van der Waals surface area contributed by atoms with Gasteiger partial charge in [0, 0.05) is 5.39 Å². The Kier molecular flexibility index (Phi) is 4.74. The Balaban J connectivity index is 1.60. The van der Waals surface area contributed by atoms with Crippen molar-refractivity contribution in [2.75, 3.05) is 0 Å². The first kappa shape index (κ1) is 19.8. The molecular formula is C31H24O2. The number of ether oxygens (including phenoxy) is 1. The predicted molar refractivity (Wildman–Crippen MR) is 133 cm³/mol. The van der Waals surface area contributed by atoms with Gasteiger partial charge in [-0.2, -0.15) is 0 Å². The van der Waals surface area contributed by atoms with Crippen LogP contribution in [0.25, 0.3) is 17.0 Å². The van der Waals surface area contributed by atoms with Crippen LogP contribution in [0.15, 0.2) is 126 Å². The monoisotopic (exact) mass is 428 g/mol. The summed E-state index contributed by atoms with van der Waals surface area (Å²) in [5.74, 6) is 0.861. The van der Waals surface area contributed by atoms with Crippen LogP contribution in [-0.4, -0.2) is 0 Å². The van der Waals surface area contributed by atoms with Crippen LogP contribution in [0.2, 0.25) is 0 Å². The molecule has 1 aliphatic heterocycles. The van der Waals surface area contributed by atoms with Crippen molar-refractivity contribution in [3.63, 3.8) is 0 Å². The zero-order valence-electron chi connectivity index (χ0n) is 18.2. The lowest BCUT2D eigenvalue weighted by Crippen LogP contribution is -2.52. The van der Waals surface area contributed by atoms with E-state index in [2.05, 4.69) is 91.5 Å². The van der Waals surface area contributed by atoms with Gasteiger partial charge in [-0.3, -0.25) is 0 Å². The van der Waals surface area contributed by atoms with Crippen molar-refractivity contribution >= 4 is 17.0 Å². The van der Waals surface area contributed by atoms with Crippen molar-refractivity contribution in [2.24, 2.45) is 0 Å². The van der Waals surface area contributed by atoms with Crippen molar-refractivity contribution in [1.29, 1.82) is 0 Å². The molecule has 33 heavy (non-hydrogen) atoms. The van der Waals surface area contributed by atoms with Crippen molar-refractivity contribution in [2.45, 2.75) is 17.6 Å². The van der Waals surface area contributed by atoms with Crippen LogP contribution in [0.5, 0.6) is 0 Å². The first-order valence-corrected chi connectivity index (χ1v) is 11.3. The summed E-state index contributed by atoms with van der Waals surface area (Å²) in [7, 11) is 0. The quantitative estimate of drug-likeness (QED) is 0.284.